The van der Waals surface area contributed by atoms with Crippen LogP contribution in [0.1, 0.15) is 29.3 Å². The summed E-state index contributed by atoms with van der Waals surface area (Å²) in [6.45, 7) is 4.54. The van der Waals surface area contributed by atoms with Crippen LogP contribution in [0.3, 0.4) is 0 Å². The number of nitrogens with zero attached hydrogens (tertiary/aromatic N) is 4. The van der Waals surface area contributed by atoms with Crippen LogP contribution < -0.4 is 5.32 Å². The Balaban J connectivity index is 0.000000595. The van der Waals surface area contributed by atoms with E-state index in [1.807, 2.05) is 18.5 Å². The van der Waals surface area contributed by atoms with Gasteiger partial charge in [-0.05, 0) is 20.3 Å². The van der Waals surface area contributed by atoms with Crippen molar-refractivity contribution in [2.75, 3.05) is 0 Å². The van der Waals surface area contributed by atoms with Gasteiger partial charge in [0, 0.05) is 18.5 Å². The lowest BCUT2D eigenvalue weighted by Crippen LogP contribution is -2.36. The molecule has 3 rings (SSSR count). The van der Waals surface area contributed by atoms with E-state index in [2.05, 4.69) is 20.6 Å². The fraction of sp³-hybridized carbons (Fsp3) is 0.500. The molecule has 0 saturated heterocycles. The van der Waals surface area contributed by atoms with Gasteiger partial charge < -0.3 is 14.9 Å². The fourth-order valence-electron chi connectivity index (χ4n) is 2.53. The molecule has 1 unspecified atom stereocenters. The molecule has 124 valence electrons. The summed E-state index contributed by atoms with van der Waals surface area (Å²) in [5.41, 5.74) is 1.78. The van der Waals surface area contributed by atoms with Crippen LogP contribution in [0.5, 0.6) is 0 Å². The van der Waals surface area contributed by atoms with Crippen LogP contribution in [0, 0.1) is 19.8 Å². The summed E-state index contributed by atoms with van der Waals surface area (Å²) in [6, 6.07) is 0. The number of aromatic nitrogens is 4. The highest BCUT2D eigenvalue weighted by atomic mass is 16.5. The Hall–Kier alpha value is -2.71. The van der Waals surface area contributed by atoms with E-state index in [0.717, 1.165) is 35.7 Å². The Kier molecular flexibility index (Phi) is 5.45. The van der Waals surface area contributed by atoms with E-state index < -0.39 is 0 Å². The number of fused-ring (bicyclic) bond motifs is 1. The van der Waals surface area contributed by atoms with Crippen LogP contribution in [0.25, 0.3) is 0 Å². The summed E-state index contributed by atoms with van der Waals surface area (Å²) in [5, 5.41) is 17.9. The van der Waals surface area contributed by atoms with E-state index in [-0.39, 0.29) is 18.3 Å². The predicted molar refractivity (Wildman–Crippen MR) is 78.3 cm³/mol. The van der Waals surface area contributed by atoms with E-state index in [9.17, 15) is 4.79 Å². The first-order valence-corrected chi connectivity index (χ1v) is 7.20. The maximum atomic E-state index is 12.2. The van der Waals surface area contributed by atoms with E-state index >= 15 is 0 Å². The average molecular weight is 321 g/mol. The fourth-order valence-corrected chi connectivity index (χ4v) is 2.53. The summed E-state index contributed by atoms with van der Waals surface area (Å²) in [7, 11) is 0. The molecule has 0 saturated carbocycles. The molecule has 9 nitrogen and oxygen atoms in total. The summed E-state index contributed by atoms with van der Waals surface area (Å²) >= 11 is 0. The van der Waals surface area contributed by atoms with Crippen molar-refractivity contribution < 1.29 is 19.2 Å². The Morgan fingerprint density at radius 3 is 2.96 bits per heavy atom. The van der Waals surface area contributed by atoms with Crippen molar-refractivity contribution in [1.82, 2.24) is 25.2 Å². The number of nitrogens with one attached hydrogen (secondary N) is 1. The molecule has 0 radical (unpaired) electrons. The highest BCUT2D eigenvalue weighted by Gasteiger charge is 2.25. The van der Waals surface area contributed by atoms with Crippen molar-refractivity contribution in [3.8, 4) is 0 Å². The first-order chi connectivity index (χ1) is 11.1. The lowest BCUT2D eigenvalue weighted by Gasteiger charge is -2.21. The quantitative estimate of drug-likeness (QED) is 0.787. The summed E-state index contributed by atoms with van der Waals surface area (Å²) in [5.74, 6) is 1.71. The van der Waals surface area contributed by atoms with Gasteiger partial charge in [-0.2, -0.15) is 5.10 Å². The Labute approximate surface area is 132 Å². The van der Waals surface area contributed by atoms with Crippen molar-refractivity contribution in [2.45, 2.75) is 39.8 Å². The van der Waals surface area contributed by atoms with Gasteiger partial charge in [-0.25, -0.2) is 9.67 Å². The SMILES string of the molecule is Cc1noc(C)c1CNC(=O)C1CCc2ncnn2C1.O=CO. The van der Waals surface area contributed by atoms with Gasteiger partial charge in [0.2, 0.25) is 5.91 Å². The van der Waals surface area contributed by atoms with Crippen LogP contribution in [-0.2, 0) is 29.1 Å². The zero-order valence-electron chi connectivity index (χ0n) is 13.0. The molecule has 23 heavy (non-hydrogen) atoms. The minimum absolute atomic E-state index is 0.0474. The number of carbonyl (C=O) groups excluding carboxylic acids is 1. The topological polar surface area (TPSA) is 123 Å². The van der Waals surface area contributed by atoms with Gasteiger partial charge in [0.1, 0.15) is 17.9 Å². The summed E-state index contributed by atoms with van der Waals surface area (Å²) < 4.78 is 6.89. The second-order valence-corrected chi connectivity index (χ2v) is 5.22. The molecule has 2 aromatic rings. The largest absolute Gasteiger partial charge is 0.483 e. The van der Waals surface area contributed by atoms with Gasteiger partial charge in [0.25, 0.3) is 6.47 Å². The normalized spacial score (nSPS) is 16.0. The monoisotopic (exact) mass is 321 g/mol. The zero-order valence-corrected chi connectivity index (χ0v) is 13.0. The number of hydrogen-bond acceptors (Lipinski definition) is 6. The number of carboxylic acid groups (broad SMARTS) is 1. The molecule has 1 amide bonds. The van der Waals surface area contributed by atoms with Crippen LogP contribution in [0.2, 0.25) is 0 Å². The van der Waals surface area contributed by atoms with E-state index in [1.165, 1.54) is 0 Å². The van der Waals surface area contributed by atoms with E-state index in [4.69, 9.17) is 14.4 Å². The minimum atomic E-state index is -0.250. The Morgan fingerprint density at radius 2 is 2.30 bits per heavy atom. The summed E-state index contributed by atoms with van der Waals surface area (Å²) in [4.78, 5) is 24.7. The van der Waals surface area contributed by atoms with Crippen LogP contribution in [0.15, 0.2) is 10.9 Å². The maximum Gasteiger partial charge on any atom is 0.290 e. The number of carbonyl (C=O) groups is 2. The highest BCUT2D eigenvalue weighted by molar-refractivity contribution is 5.78. The molecule has 0 aliphatic carbocycles. The highest BCUT2D eigenvalue weighted by Crippen LogP contribution is 2.18. The first-order valence-electron chi connectivity index (χ1n) is 7.20. The van der Waals surface area contributed by atoms with Gasteiger partial charge in [-0.1, -0.05) is 5.16 Å². The molecule has 1 aliphatic heterocycles. The third kappa shape index (κ3) is 3.93. The third-order valence-corrected chi connectivity index (χ3v) is 3.80. The first kappa shape index (κ1) is 16.7. The molecule has 2 aromatic heterocycles. The van der Waals surface area contributed by atoms with Crippen molar-refractivity contribution in [3.63, 3.8) is 0 Å². The van der Waals surface area contributed by atoms with Crippen LogP contribution >= 0.6 is 0 Å². The second-order valence-electron chi connectivity index (χ2n) is 5.22. The molecule has 0 aromatic carbocycles. The van der Waals surface area contributed by atoms with Gasteiger partial charge >= 0.3 is 0 Å². The molecule has 1 atom stereocenters. The standard InChI is InChI=1S/C13H17N5O2.CH2O2/c1-8-11(9(2)20-17-8)5-14-13(19)10-3-4-12-15-7-16-18(12)6-10;2-1-3/h7,10H,3-6H2,1-2H3,(H,14,19);1H,(H,2,3). The van der Waals surface area contributed by atoms with Gasteiger partial charge in [-0.3, -0.25) is 9.59 Å². The molecule has 0 spiro atoms. The Morgan fingerprint density at radius 1 is 1.57 bits per heavy atom. The van der Waals surface area contributed by atoms with Crippen LogP contribution in [0.4, 0.5) is 0 Å². The van der Waals surface area contributed by atoms with E-state index in [1.54, 1.807) is 6.33 Å². The second kappa shape index (κ2) is 7.52. The Bertz CT molecular complexity index is 659. The molecule has 1 aliphatic rings. The molecule has 2 N–H and O–H groups in total. The molecular formula is C14H19N5O4. The van der Waals surface area contributed by atoms with Gasteiger partial charge in [-0.15, -0.1) is 0 Å². The lowest BCUT2D eigenvalue weighted by molar-refractivity contribution is -0.126. The number of amides is 1. The van der Waals surface area contributed by atoms with Crippen molar-refractivity contribution in [2.24, 2.45) is 5.92 Å². The predicted octanol–water partition coefficient (Wildman–Crippen LogP) is 0.463. The maximum absolute atomic E-state index is 12.2. The molecular weight excluding hydrogens is 302 g/mol. The van der Waals surface area contributed by atoms with Gasteiger partial charge in [0.15, 0.2) is 0 Å². The number of rotatable bonds is 3. The summed E-state index contributed by atoms with van der Waals surface area (Å²) in [6.07, 6.45) is 3.15. The number of hydrogen-bond donors (Lipinski definition) is 2. The number of aryl methyl sites for hydroxylation is 3. The average Bonchev–Trinajstić information content (AvgIpc) is 3.12. The minimum Gasteiger partial charge on any atom is -0.483 e. The molecule has 0 fully saturated rings. The van der Waals surface area contributed by atoms with Crippen LogP contribution in [-0.4, -0.2) is 37.4 Å². The third-order valence-electron chi connectivity index (χ3n) is 3.80. The smallest absolute Gasteiger partial charge is 0.290 e. The molecule has 0 bridgehead atoms. The lowest BCUT2D eigenvalue weighted by atomic mass is 9.99. The van der Waals surface area contributed by atoms with E-state index in [0.29, 0.717) is 13.1 Å². The van der Waals surface area contributed by atoms with Crippen molar-refractivity contribution in [1.29, 1.82) is 0 Å². The molecule has 3 heterocycles. The zero-order chi connectivity index (χ0) is 16.8. The van der Waals surface area contributed by atoms with Crippen molar-refractivity contribution >= 4 is 12.4 Å². The molecule has 9 heteroatoms. The van der Waals surface area contributed by atoms with Gasteiger partial charge in [0.05, 0.1) is 18.2 Å². The van der Waals surface area contributed by atoms with Crippen molar-refractivity contribution in [3.05, 3.63) is 29.2 Å².